The molecule has 0 spiro atoms. The van der Waals surface area contributed by atoms with Crippen LogP contribution in [0.15, 0.2) is 12.3 Å². The molecule has 0 fully saturated rings. The third kappa shape index (κ3) is 4.58. The highest BCUT2D eigenvalue weighted by Gasteiger charge is 2.34. The molecule has 1 rings (SSSR count). The van der Waals surface area contributed by atoms with Crippen molar-refractivity contribution in [2.45, 2.75) is 12.6 Å². The molecule has 19 heavy (non-hydrogen) atoms. The first kappa shape index (κ1) is 15.5. The first-order chi connectivity index (χ1) is 8.86. The smallest absolute Gasteiger partial charge is 0.379 e. The minimum absolute atomic E-state index is 0.159. The number of hydrogen-bond donors (Lipinski definition) is 1. The van der Waals surface area contributed by atoms with Crippen LogP contribution in [0.1, 0.15) is 12.1 Å². The summed E-state index contributed by atoms with van der Waals surface area (Å²) in [7, 11) is 0. The molecular weight excluding hydrogens is 283 g/mol. The number of halogens is 3. The molecule has 5 nitrogen and oxygen atoms in total. The molecule has 1 N–H and O–H groups in total. The highest BCUT2D eigenvalue weighted by atomic mass is 32.2. The van der Waals surface area contributed by atoms with Crippen LogP contribution in [0, 0.1) is 10.1 Å². The zero-order valence-electron chi connectivity index (χ0n) is 10.0. The fraction of sp³-hybridized carbons (Fsp3) is 0.500. The summed E-state index contributed by atoms with van der Waals surface area (Å²) in [5.41, 5.74) is -1.77. The standard InChI is InChI=1S/C10H12F3N3O2S/c1-19-4-2-3-14-7-5-9(10(11,12)13)15-6-8(7)16(17)18/h5-6H,2-4H2,1H3,(H,14,15). The van der Waals surface area contributed by atoms with Crippen molar-refractivity contribution in [2.75, 3.05) is 23.9 Å². The van der Waals surface area contributed by atoms with Gasteiger partial charge in [-0.15, -0.1) is 0 Å². The molecule has 0 aliphatic heterocycles. The Morgan fingerprint density at radius 1 is 1.53 bits per heavy atom. The summed E-state index contributed by atoms with van der Waals surface area (Å²) in [5, 5.41) is 13.4. The van der Waals surface area contributed by atoms with Gasteiger partial charge in [0.15, 0.2) is 0 Å². The van der Waals surface area contributed by atoms with Gasteiger partial charge in [0.1, 0.15) is 17.6 Å². The zero-order valence-corrected chi connectivity index (χ0v) is 10.8. The Balaban J connectivity index is 2.93. The molecule has 9 heteroatoms. The minimum atomic E-state index is -4.62. The minimum Gasteiger partial charge on any atom is -0.379 e. The molecule has 0 amide bonds. The summed E-state index contributed by atoms with van der Waals surface area (Å²) in [6, 6.07) is 0.664. The highest BCUT2D eigenvalue weighted by molar-refractivity contribution is 7.98. The molecule has 1 aromatic heterocycles. The van der Waals surface area contributed by atoms with Crippen molar-refractivity contribution < 1.29 is 18.1 Å². The van der Waals surface area contributed by atoms with Crippen LogP contribution in [0.4, 0.5) is 24.5 Å². The molecule has 0 radical (unpaired) electrons. The topological polar surface area (TPSA) is 68.1 Å². The molecule has 0 unspecified atom stereocenters. The second-order valence-electron chi connectivity index (χ2n) is 3.61. The van der Waals surface area contributed by atoms with Crippen LogP contribution < -0.4 is 5.32 Å². The van der Waals surface area contributed by atoms with E-state index in [1.54, 1.807) is 11.8 Å². The lowest BCUT2D eigenvalue weighted by Gasteiger charge is -2.10. The summed E-state index contributed by atoms with van der Waals surface area (Å²) < 4.78 is 37.4. The number of anilines is 1. The lowest BCUT2D eigenvalue weighted by molar-refractivity contribution is -0.384. The predicted octanol–water partition coefficient (Wildman–Crippen LogP) is 3.17. The van der Waals surface area contributed by atoms with Gasteiger partial charge in [0.25, 0.3) is 0 Å². The second kappa shape index (κ2) is 6.60. The van der Waals surface area contributed by atoms with Gasteiger partial charge in [-0.2, -0.15) is 24.9 Å². The highest BCUT2D eigenvalue weighted by Crippen LogP contribution is 2.32. The zero-order chi connectivity index (χ0) is 14.5. The Labute approximate surface area is 111 Å². The molecule has 106 valence electrons. The number of nitrogens with zero attached hydrogens (tertiary/aromatic N) is 2. The molecular formula is C10H12F3N3O2S. The molecule has 0 atom stereocenters. The average molecular weight is 295 g/mol. The quantitative estimate of drug-likeness (QED) is 0.496. The normalized spacial score (nSPS) is 11.4. The Kier molecular flexibility index (Phi) is 5.40. The van der Waals surface area contributed by atoms with Crippen LogP contribution in [-0.2, 0) is 6.18 Å². The van der Waals surface area contributed by atoms with E-state index in [0.29, 0.717) is 25.2 Å². The number of nitrogens with one attached hydrogen (secondary N) is 1. The van der Waals surface area contributed by atoms with Gasteiger partial charge in [-0.25, -0.2) is 4.98 Å². The van der Waals surface area contributed by atoms with E-state index in [1.165, 1.54) is 0 Å². The van der Waals surface area contributed by atoms with Crippen molar-refractivity contribution in [1.82, 2.24) is 4.98 Å². The lowest BCUT2D eigenvalue weighted by Crippen LogP contribution is -2.11. The average Bonchev–Trinajstić information content (AvgIpc) is 2.33. The monoisotopic (exact) mass is 295 g/mol. The van der Waals surface area contributed by atoms with Gasteiger partial charge < -0.3 is 5.32 Å². The molecule has 1 heterocycles. The second-order valence-corrected chi connectivity index (χ2v) is 4.60. The molecule has 0 saturated heterocycles. The maximum absolute atomic E-state index is 12.5. The van der Waals surface area contributed by atoms with Gasteiger partial charge in [-0.3, -0.25) is 10.1 Å². The molecule has 0 aliphatic rings. The fourth-order valence-electron chi connectivity index (χ4n) is 1.33. The third-order valence-corrected chi connectivity index (χ3v) is 2.91. The van der Waals surface area contributed by atoms with Crippen molar-refractivity contribution >= 4 is 23.1 Å². The van der Waals surface area contributed by atoms with E-state index < -0.39 is 22.5 Å². The van der Waals surface area contributed by atoms with E-state index in [4.69, 9.17) is 0 Å². The van der Waals surface area contributed by atoms with Gasteiger partial charge in [0.05, 0.1) is 4.92 Å². The molecule has 0 saturated carbocycles. The van der Waals surface area contributed by atoms with Crippen LogP contribution in [-0.4, -0.2) is 28.5 Å². The first-order valence-electron chi connectivity index (χ1n) is 5.30. The van der Waals surface area contributed by atoms with E-state index >= 15 is 0 Å². The van der Waals surface area contributed by atoms with E-state index in [2.05, 4.69) is 10.3 Å². The first-order valence-corrected chi connectivity index (χ1v) is 6.70. The van der Waals surface area contributed by atoms with Crippen molar-refractivity contribution in [3.05, 3.63) is 28.1 Å². The fourth-order valence-corrected chi connectivity index (χ4v) is 1.76. The molecule has 0 aromatic carbocycles. The van der Waals surface area contributed by atoms with Crippen molar-refractivity contribution in [1.29, 1.82) is 0 Å². The molecule has 0 bridgehead atoms. The van der Waals surface area contributed by atoms with Gasteiger partial charge in [-0.05, 0) is 24.5 Å². The van der Waals surface area contributed by atoms with Gasteiger partial charge in [0.2, 0.25) is 0 Å². The number of hydrogen-bond acceptors (Lipinski definition) is 5. The third-order valence-electron chi connectivity index (χ3n) is 2.21. The SMILES string of the molecule is CSCCCNc1cc(C(F)(F)F)ncc1[N+](=O)[O-]. The van der Waals surface area contributed by atoms with Gasteiger partial charge >= 0.3 is 11.9 Å². The Morgan fingerprint density at radius 3 is 2.74 bits per heavy atom. The van der Waals surface area contributed by atoms with Crippen LogP contribution >= 0.6 is 11.8 Å². The van der Waals surface area contributed by atoms with Crippen molar-refractivity contribution in [3.8, 4) is 0 Å². The molecule has 0 aliphatic carbocycles. The Bertz CT molecular complexity index is 454. The Morgan fingerprint density at radius 2 is 2.21 bits per heavy atom. The van der Waals surface area contributed by atoms with Crippen LogP contribution in [0.5, 0.6) is 0 Å². The number of rotatable bonds is 6. The van der Waals surface area contributed by atoms with Crippen LogP contribution in [0.3, 0.4) is 0 Å². The summed E-state index contributed by atoms with van der Waals surface area (Å²) in [5.74, 6) is 0.817. The van der Waals surface area contributed by atoms with E-state index in [1.807, 2.05) is 6.26 Å². The number of aromatic nitrogens is 1. The maximum atomic E-state index is 12.5. The largest absolute Gasteiger partial charge is 0.433 e. The maximum Gasteiger partial charge on any atom is 0.433 e. The predicted molar refractivity (Wildman–Crippen MR) is 67.4 cm³/mol. The van der Waals surface area contributed by atoms with Gasteiger partial charge in [0, 0.05) is 6.54 Å². The van der Waals surface area contributed by atoms with E-state index in [9.17, 15) is 23.3 Å². The van der Waals surface area contributed by atoms with Crippen LogP contribution in [0.25, 0.3) is 0 Å². The van der Waals surface area contributed by atoms with Gasteiger partial charge in [-0.1, -0.05) is 0 Å². The van der Waals surface area contributed by atoms with Crippen molar-refractivity contribution in [3.63, 3.8) is 0 Å². The molecule has 1 aromatic rings. The van der Waals surface area contributed by atoms with Crippen molar-refractivity contribution in [2.24, 2.45) is 0 Å². The van der Waals surface area contributed by atoms with E-state index in [-0.39, 0.29) is 5.69 Å². The van der Waals surface area contributed by atoms with E-state index in [0.717, 1.165) is 5.75 Å². The lowest BCUT2D eigenvalue weighted by atomic mass is 10.2. The number of pyridine rings is 1. The summed E-state index contributed by atoms with van der Waals surface area (Å²) in [4.78, 5) is 13.0. The number of alkyl halides is 3. The number of nitro groups is 1. The van der Waals surface area contributed by atoms with Crippen LogP contribution in [0.2, 0.25) is 0 Å². The summed E-state index contributed by atoms with van der Waals surface area (Å²) in [6.07, 6.45) is -1.40. The summed E-state index contributed by atoms with van der Waals surface area (Å²) in [6.45, 7) is 0.364. The Hall–Kier alpha value is -1.51. The summed E-state index contributed by atoms with van der Waals surface area (Å²) >= 11 is 1.59. The number of thioether (sulfide) groups is 1.